The molecule has 7 N–H and O–H groups in total. The largest absolute Gasteiger partial charge is 0.536 e. The minimum Gasteiger partial charge on any atom is -0.404 e. The second kappa shape index (κ2) is 11.1. The quantitative estimate of drug-likeness (QED) is 0.135. The summed E-state index contributed by atoms with van der Waals surface area (Å²) in [5.41, 5.74) is 6.08. The van der Waals surface area contributed by atoms with Gasteiger partial charge in [-0.1, -0.05) is 30.3 Å². The normalized spacial score (nSPS) is 25.5. The molecule has 0 amide bonds. The second-order valence-electron chi connectivity index (χ2n) is 8.59. The maximum absolute atomic E-state index is 12.3. The zero-order chi connectivity index (χ0) is 29.6. The third kappa shape index (κ3) is 6.65. The van der Waals surface area contributed by atoms with Crippen LogP contribution in [0.25, 0.3) is 21.9 Å². The van der Waals surface area contributed by atoms with Crippen LogP contribution in [0.3, 0.4) is 0 Å². The molecule has 1 fully saturated rings. The Kier molecular flexibility index (Phi) is 8.04. The second-order valence-corrected chi connectivity index (χ2v) is 13.2. The highest BCUT2D eigenvalue weighted by Gasteiger charge is 2.47. The van der Waals surface area contributed by atoms with Gasteiger partial charge in [0.2, 0.25) is 0 Å². The number of fused-ring (bicyclic) bond motifs is 2. The van der Waals surface area contributed by atoms with Gasteiger partial charge in [0.25, 0.3) is 0 Å². The summed E-state index contributed by atoms with van der Waals surface area (Å²) in [4.78, 5) is 41.5. The standard InChI is InChI=1S/C20H22N5O13P3/c21-18-15-19(23-9-22-18)25(10-24-15)20-17(27)16(26)14(35-20)8-34-39(28,29)37-41(32,33)38-40(30,31)36-13-6-5-11-3-1-2-4-12(11)7-13/h1-7,9-10,14,16-17,20,26-27H,8H2,(H,28,29)(H,30,31)(H,32,33)(H2,21,22,23)/t14-,16+,17?,20-/m1/s1. The van der Waals surface area contributed by atoms with E-state index in [0.29, 0.717) is 5.39 Å². The van der Waals surface area contributed by atoms with Gasteiger partial charge >= 0.3 is 23.5 Å². The number of phosphoric ester groups is 2. The van der Waals surface area contributed by atoms with E-state index in [1.54, 1.807) is 30.3 Å². The van der Waals surface area contributed by atoms with Crippen molar-refractivity contribution in [2.75, 3.05) is 12.3 Å². The minimum atomic E-state index is -5.76. The van der Waals surface area contributed by atoms with E-state index < -0.39 is 54.6 Å². The SMILES string of the molecule is Nc1ncnc2c1ncn2[C@@H]1O[C@H](COP(=O)(O)OP(=O)(O)OP(=O)(O)Oc2ccc3ccccc3c2)[C@H](O)C1O. The lowest BCUT2D eigenvalue weighted by Crippen LogP contribution is -2.33. The molecule has 4 aromatic rings. The predicted molar refractivity (Wildman–Crippen MR) is 138 cm³/mol. The maximum atomic E-state index is 12.3. The number of aromatic nitrogens is 4. The Hall–Kier alpha value is -2.82. The van der Waals surface area contributed by atoms with Crippen molar-refractivity contribution < 1.29 is 61.0 Å². The highest BCUT2D eigenvalue weighted by molar-refractivity contribution is 7.67. The molecule has 1 aliphatic heterocycles. The van der Waals surface area contributed by atoms with Gasteiger partial charge < -0.3 is 35.0 Å². The van der Waals surface area contributed by atoms with Crippen LogP contribution in [0, 0.1) is 0 Å². The monoisotopic (exact) mass is 633 g/mol. The van der Waals surface area contributed by atoms with E-state index in [1.807, 2.05) is 0 Å². The number of nitrogen functional groups attached to an aromatic ring is 1. The Bertz CT molecular complexity index is 1740. The fraction of sp³-hybridized carbons (Fsp3) is 0.250. The summed E-state index contributed by atoms with van der Waals surface area (Å²) >= 11 is 0. The number of benzene rings is 2. The Morgan fingerprint density at radius 1 is 0.902 bits per heavy atom. The third-order valence-electron chi connectivity index (χ3n) is 5.75. The first kappa shape index (κ1) is 29.7. The van der Waals surface area contributed by atoms with Crippen LogP contribution in [-0.4, -0.2) is 69.3 Å². The van der Waals surface area contributed by atoms with Crippen molar-refractivity contribution in [2.45, 2.75) is 24.5 Å². The molecule has 21 heteroatoms. The summed E-state index contributed by atoms with van der Waals surface area (Å²) < 4.78 is 61.2. The van der Waals surface area contributed by atoms with Crippen molar-refractivity contribution >= 4 is 51.2 Å². The maximum Gasteiger partial charge on any atom is 0.536 e. The molecule has 220 valence electrons. The number of phosphoric acid groups is 3. The summed E-state index contributed by atoms with van der Waals surface area (Å²) in [6.07, 6.45) is -3.68. The predicted octanol–water partition coefficient (Wildman–Crippen LogP) is 1.61. The highest BCUT2D eigenvalue weighted by Crippen LogP contribution is 2.67. The molecule has 1 saturated heterocycles. The van der Waals surface area contributed by atoms with Crippen LogP contribution in [0.2, 0.25) is 0 Å². The number of anilines is 1. The molecule has 0 bridgehead atoms. The van der Waals surface area contributed by atoms with E-state index >= 15 is 0 Å². The molecule has 4 unspecified atom stereocenters. The summed E-state index contributed by atoms with van der Waals surface area (Å²) in [5, 5.41) is 22.2. The van der Waals surface area contributed by atoms with Crippen LogP contribution in [0.15, 0.2) is 55.1 Å². The lowest BCUT2D eigenvalue weighted by molar-refractivity contribution is -0.0503. The Balaban J connectivity index is 1.20. The van der Waals surface area contributed by atoms with Crippen LogP contribution in [0.5, 0.6) is 5.75 Å². The number of rotatable bonds is 10. The fourth-order valence-corrected chi connectivity index (χ4v) is 7.50. The van der Waals surface area contributed by atoms with E-state index in [2.05, 4.69) is 28.1 Å². The molecule has 41 heavy (non-hydrogen) atoms. The molecular weight excluding hydrogens is 611 g/mol. The number of aliphatic hydroxyl groups excluding tert-OH is 2. The fourth-order valence-electron chi connectivity index (χ4n) is 3.99. The zero-order valence-electron chi connectivity index (χ0n) is 20.4. The zero-order valence-corrected chi connectivity index (χ0v) is 23.1. The summed E-state index contributed by atoms with van der Waals surface area (Å²) in [7, 11) is -16.6. The number of aliphatic hydroxyl groups is 2. The van der Waals surface area contributed by atoms with Crippen LogP contribution >= 0.6 is 23.5 Å². The van der Waals surface area contributed by atoms with Crippen LogP contribution < -0.4 is 10.3 Å². The lowest BCUT2D eigenvalue weighted by Gasteiger charge is -2.20. The molecule has 7 atom stereocenters. The third-order valence-corrected chi connectivity index (χ3v) is 9.97. The van der Waals surface area contributed by atoms with Crippen molar-refractivity contribution in [1.82, 2.24) is 19.5 Å². The average molecular weight is 633 g/mol. The minimum absolute atomic E-state index is 0.0470. The Labute approximate surface area is 229 Å². The average Bonchev–Trinajstić information content (AvgIpc) is 3.43. The first-order valence-corrected chi connectivity index (χ1v) is 15.9. The molecular formula is C20H22N5O13P3. The van der Waals surface area contributed by atoms with Gasteiger partial charge in [0.15, 0.2) is 17.7 Å². The van der Waals surface area contributed by atoms with E-state index in [0.717, 1.165) is 11.7 Å². The van der Waals surface area contributed by atoms with Crippen LogP contribution in [0.4, 0.5) is 5.82 Å². The van der Waals surface area contributed by atoms with Gasteiger partial charge in [-0.15, -0.1) is 0 Å². The summed E-state index contributed by atoms with van der Waals surface area (Å²) in [6.45, 7) is -0.948. The van der Waals surface area contributed by atoms with Crippen LogP contribution in [-0.2, 0) is 31.6 Å². The lowest BCUT2D eigenvalue weighted by atomic mass is 10.1. The highest BCUT2D eigenvalue weighted by atomic mass is 31.3. The van der Waals surface area contributed by atoms with Crippen LogP contribution in [0.1, 0.15) is 6.23 Å². The van der Waals surface area contributed by atoms with E-state index in [-0.39, 0.29) is 22.7 Å². The number of nitrogens with two attached hydrogens (primary N) is 1. The van der Waals surface area contributed by atoms with E-state index in [4.69, 9.17) is 15.0 Å². The number of imidazole rings is 1. The number of hydrogen-bond donors (Lipinski definition) is 6. The van der Waals surface area contributed by atoms with Gasteiger partial charge in [-0.3, -0.25) is 14.0 Å². The van der Waals surface area contributed by atoms with Gasteiger partial charge in [0.1, 0.15) is 35.9 Å². The number of ether oxygens (including phenoxy) is 1. The number of hydrogen-bond acceptors (Lipinski definition) is 14. The van der Waals surface area contributed by atoms with Crippen molar-refractivity contribution in [1.29, 1.82) is 0 Å². The van der Waals surface area contributed by atoms with Gasteiger partial charge in [-0.25, -0.2) is 28.6 Å². The molecule has 0 saturated carbocycles. The van der Waals surface area contributed by atoms with Crippen molar-refractivity contribution in [3.05, 3.63) is 55.1 Å². The molecule has 18 nitrogen and oxygen atoms in total. The molecule has 3 heterocycles. The molecule has 0 aliphatic carbocycles. The van der Waals surface area contributed by atoms with Gasteiger partial charge in [0.05, 0.1) is 12.9 Å². The van der Waals surface area contributed by atoms with Gasteiger partial charge in [0, 0.05) is 0 Å². The van der Waals surface area contributed by atoms with Gasteiger partial charge in [-0.05, 0) is 22.9 Å². The molecule has 1 aliphatic rings. The first-order valence-electron chi connectivity index (χ1n) is 11.4. The number of nitrogens with zero attached hydrogens (tertiary/aromatic N) is 4. The Morgan fingerprint density at radius 3 is 2.37 bits per heavy atom. The molecule has 0 spiro atoms. The molecule has 2 aromatic heterocycles. The first-order chi connectivity index (χ1) is 19.2. The summed E-state index contributed by atoms with van der Waals surface area (Å²) in [5.74, 6) is -0.163. The Morgan fingerprint density at radius 2 is 1.61 bits per heavy atom. The topological polar surface area (TPSA) is 268 Å². The van der Waals surface area contributed by atoms with Crippen molar-refractivity contribution in [3.8, 4) is 5.75 Å². The van der Waals surface area contributed by atoms with E-state index in [9.17, 15) is 38.6 Å². The van der Waals surface area contributed by atoms with Crippen molar-refractivity contribution in [3.63, 3.8) is 0 Å². The van der Waals surface area contributed by atoms with Crippen molar-refractivity contribution in [2.24, 2.45) is 0 Å². The smallest absolute Gasteiger partial charge is 0.404 e. The van der Waals surface area contributed by atoms with E-state index in [1.165, 1.54) is 23.0 Å². The van der Waals surface area contributed by atoms with Gasteiger partial charge in [-0.2, -0.15) is 8.62 Å². The molecule has 5 rings (SSSR count). The molecule has 2 aromatic carbocycles. The molecule has 0 radical (unpaired) electrons. The summed E-state index contributed by atoms with van der Waals surface area (Å²) in [6, 6.07) is 11.1.